The van der Waals surface area contributed by atoms with Gasteiger partial charge in [0.2, 0.25) is 0 Å². The molecule has 1 N–H and O–H groups in total. The van der Waals surface area contributed by atoms with Crippen LogP contribution in [0.5, 0.6) is 0 Å². The zero-order chi connectivity index (χ0) is 21.5. The van der Waals surface area contributed by atoms with E-state index in [1.165, 1.54) is 44.1 Å². The molecule has 0 amide bonds. The number of allylic oxidation sites excluding steroid dienone is 3. The predicted octanol–water partition coefficient (Wildman–Crippen LogP) is 7.47. The number of hydrogen-bond acceptors (Lipinski definition) is 1. The molecule has 4 aliphatic carbocycles. The minimum atomic E-state index is -0.527. The molecular formula is C28H44O. The zero-order valence-corrected chi connectivity index (χ0v) is 19.7. The van der Waals surface area contributed by atoms with Crippen molar-refractivity contribution >= 4 is 0 Å². The maximum atomic E-state index is 11.0. The number of aliphatic hydroxyl groups is 1. The van der Waals surface area contributed by atoms with Crippen LogP contribution in [0.3, 0.4) is 0 Å². The van der Waals surface area contributed by atoms with Crippen molar-refractivity contribution in [1.82, 2.24) is 0 Å². The lowest BCUT2D eigenvalue weighted by Crippen LogP contribution is -2.67. The fourth-order valence-corrected chi connectivity index (χ4v) is 9.87. The van der Waals surface area contributed by atoms with Gasteiger partial charge < -0.3 is 5.11 Å². The summed E-state index contributed by atoms with van der Waals surface area (Å²) in [6.45, 7) is 25.3. The third-order valence-electron chi connectivity index (χ3n) is 11.6. The van der Waals surface area contributed by atoms with Crippen LogP contribution in [-0.2, 0) is 0 Å². The second-order valence-electron chi connectivity index (χ2n) is 12.5. The molecule has 0 radical (unpaired) electrons. The zero-order valence-electron chi connectivity index (χ0n) is 19.7. The van der Waals surface area contributed by atoms with E-state index in [0.717, 1.165) is 19.3 Å². The fourth-order valence-electron chi connectivity index (χ4n) is 9.87. The van der Waals surface area contributed by atoms with Gasteiger partial charge in [-0.1, -0.05) is 45.1 Å². The lowest BCUT2D eigenvalue weighted by Gasteiger charge is -2.73. The van der Waals surface area contributed by atoms with E-state index in [0.29, 0.717) is 11.8 Å². The molecule has 162 valence electrons. The highest BCUT2D eigenvalue weighted by Gasteiger charge is 2.73. The molecule has 29 heavy (non-hydrogen) atoms. The smallest absolute Gasteiger partial charge is 0.0625 e. The fraction of sp³-hybridized carbons (Fsp3) is 0.786. The summed E-state index contributed by atoms with van der Waals surface area (Å²) in [6, 6.07) is 0. The summed E-state index contributed by atoms with van der Waals surface area (Å²) in [7, 11) is 0. The molecule has 0 heterocycles. The summed E-state index contributed by atoms with van der Waals surface area (Å²) in [5.41, 5.74) is 1.76. The molecule has 0 aromatic carbocycles. The normalized spacial score (nSPS) is 56.6. The molecule has 4 aliphatic rings. The van der Waals surface area contributed by atoms with Crippen molar-refractivity contribution < 1.29 is 5.11 Å². The van der Waals surface area contributed by atoms with Crippen molar-refractivity contribution in [2.24, 2.45) is 38.9 Å². The highest BCUT2D eigenvalue weighted by Crippen LogP contribution is 2.80. The summed E-state index contributed by atoms with van der Waals surface area (Å²) < 4.78 is 0. The van der Waals surface area contributed by atoms with Crippen molar-refractivity contribution in [3.05, 3.63) is 37.5 Å². The van der Waals surface area contributed by atoms with Gasteiger partial charge in [-0.05, 0) is 111 Å². The first-order valence-electron chi connectivity index (χ1n) is 12.0. The summed E-state index contributed by atoms with van der Waals surface area (Å²) in [5.74, 6) is 1.21. The van der Waals surface area contributed by atoms with E-state index in [4.69, 9.17) is 0 Å². The standard InChI is InChI=1S/C28H44O/c1-9-27-14-11-21(20(3)4)25(27,7)16-18-28(10-2)22(27)12-13-23(5)19-24(6,29)15-17-26(23,28)8/h9-10,21-22,29H,1-3,11-19H2,4-8H3/t21-,22+,23-,24-,25-,26+,27+,28+/m1/s1. The van der Waals surface area contributed by atoms with Gasteiger partial charge in [-0.3, -0.25) is 0 Å². The molecule has 0 saturated heterocycles. The van der Waals surface area contributed by atoms with Gasteiger partial charge in [-0.25, -0.2) is 0 Å². The van der Waals surface area contributed by atoms with Gasteiger partial charge in [0, 0.05) is 0 Å². The van der Waals surface area contributed by atoms with Crippen LogP contribution in [0.15, 0.2) is 37.5 Å². The van der Waals surface area contributed by atoms with Crippen molar-refractivity contribution in [2.75, 3.05) is 0 Å². The Morgan fingerprint density at radius 1 is 0.862 bits per heavy atom. The SMILES string of the molecule is C=C[C@]12CC[C@]3(C)[C@@H](C(=C)C)CC[C@@]3(C=C)[C@@H]1CC[C@]1(C)C[C@](C)(O)CC[C@@]12C. The minimum Gasteiger partial charge on any atom is -0.390 e. The van der Waals surface area contributed by atoms with E-state index >= 15 is 0 Å². The lowest BCUT2D eigenvalue weighted by molar-refractivity contribution is -0.234. The average molecular weight is 397 g/mol. The van der Waals surface area contributed by atoms with E-state index in [2.05, 4.69) is 66.5 Å². The van der Waals surface area contributed by atoms with Crippen LogP contribution in [0.4, 0.5) is 0 Å². The van der Waals surface area contributed by atoms with Crippen LogP contribution in [-0.4, -0.2) is 10.7 Å². The van der Waals surface area contributed by atoms with E-state index in [-0.39, 0.29) is 27.1 Å². The van der Waals surface area contributed by atoms with Crippen molar-refractivity contribution in [3.8, 4) is 0 Å². The Morgan fingerprint density at radius 2 is 1.52 bits per heavy atom. The molecule has 0 aromatic rings. The maximum absolute atomic E-state index is 11.0. The lowest BCUT2D eigenvalue weighted by atomic mass is 9.31. The largest absolute Gasteiger partial charge is 0.390 e. The molecule has 4 rings (SSSR count). The molecule has 0 unspecified atom stereocenters. The first-order chi connectivity index (χ1) is 13.4. The molecule has 8 atom stereocenters. The molecule has 0 spiro atoms. The predicted molar refractivity (Wildman–Crippen MR) is 124 cm³/mol. The Bertz CT molecular complexity index is 747. The minimum absolute atomic E-state index is 0.133. The molecule has 0 aromatic heterocycles. The summed E-state index contributed by atoms with van der Waals surface area (Å²) >= 11 is 0. The average Bonchev–Trinajstić information content (AvgIpc) is 2.95. The van der Waals surface area contributed by atoms with Gasteiger partial charge >= 0.3 is 0 Å². The van der Waals surface area contributed by atoms with E-state index < -0.39 is 5.60 Å². The second kappa shape index (κ2) is 6.12. The van der Waals surface area contributed by atoms with Gasteiger partial charge in [-0.2, -0.15) is 0 Å². The van der Waals surface area contributed by atoms with Crippen molar-refractivity contribution in [2.45, 2.75) is 98.0 Å². The monoisotopic (exact) mass is 396 g/mol. The molecule has 4 fully saturated rings. The highest BCUT2D eigenvalue weighted by molar-refractivity contribution is 5.31. The Labute approximate surface area is 179 Å². The van der Waals surface area contributed by atoms with E-state index in [1.807, 2.05) is 0 Å². The van der Waals surface area contributed by atoms with Crippen molar-refractivity contribution in [3.63, 3.8) is 0 Å². The molecule has 0 aliphatic heterocycles. The summed E-state index contributed by atoms with van der Waals surface area (Å²) in [6.07, 6.45) is 15.1. The van der Waals surface area contributed by atoms with E-state index in [9.17, 15) is 5.11 Å². The maximum Gasteiger partial charge on any atom is 0.0625 e. The molecule has 1 heteroatoms. The Morgan fingerprint density at radius 3 is 2.10 bits per heavy atom. The number of rotatable bonds is 3. The molecule has 0 bridgehead atoms. The quantitative estimate of drug-likeness (QED) is 0.490. The third kappa shape index (κ3) is 2.32. The summed E-state index contributed by atoms with van der Waals surface area (Å²) in [4.78, 5) is 0. The van der Waals surface area contributed by atoms with Crippen LogP contribution in [0.1, 0.15) is 92.4 Å². The molecular weight excluding hydrogens is 352 g/mol. The Hall–Kier alpha value is -0.820. The summed E-state index contributed by atoms with van der Waals surface area (Å²) in [5, 5.41) is 11.0. The van der Waals surface area contributed by atoms with Gasteiger partial charge in [0.15, 0.2) is 0 Å². The van der Waals surface area contributed by atoms with Crippen LogP contribution < -0.4 is 0 Å². The Balaban J connectivity index is 1.86. The van der Waals surface area contributed by atoms with Gasteiger partial charge in [0.05, 0.1) is 5.60 Å². The topological polar surface area (TPSA) is 20.2 Å². The van der Waals surface area contributed by atoms with Gasteiger partial charge in [0.1, 0.15) is 0 Å². The Kier molecular flexibility index (Phi) is 4.52. The second-order valence-corrected chi connectivity index (χ2v) is 12.5. The van der Waals surface area contributed by atoms with Crippen LogP contribution in [0.2, 0.25) is 0 Å². The molecule has 4 saturated carbocycles. The number of hydrogen-bond donors (Lipinski definition) is 1. The van der Waals surface area contributed by atoms with Crippen LogP contribution in [0, 0.1) is 38.9 Å². The third-order valence-corrected chi connectivity index (χ3v) is 11.6. The molecule has 1 nitrogen and oxygen atoms in total. The van der Waals surface area contributed by atoms with Gasteiger partial charge in [0.25, 0.3) is 0 Å². The van der Waals surface area contributed by atoms with Crippen molar-refractivity contribution in [1.29, 1.82) is 0 Å². The van der Waals surface area contributed by atoms with Crippen LogP contribution >= 0.6 is 0 Å². The number of fused-ring (bicyclic) bond motifs is 5. The van der Waals surface area contributed by atoms with Gasteiger partial charge in [-0.15, -0.1) is 13.2 Å². The first-order valence-corrected chi connectivity index (χ1v) is 12.0. The van der Waals surface area contributed by atoms with E-state index in [1.54, 1.807) is 0 Å². The first kappa shape index (κ1) is 21.4. The van der Waals surface area contributed by atoms with Crippen LogP contribution in [0.25, 0.3) is 0 Å². The highest BCUT2D eigenvalue weighted by atomic mass is 16.3.